The van der Waals surface area contributed by atoms with Crippen LogP contribution in [-0.2, 0) is 0 Å². The smallest absolute Gasteiger partial charge is 0.324 e. The number of aromatic nitrogens is 2. The second kappa shape index (κ2) is 8.77. The number of benzene rings is 2. The van der Waals surface area contributed by atoms with Crippen molar-refractivity contribution in [3.05, 3.63) is 64.4 Å². The van der Waals surface area contributed by atoms with Crippen LogP contribution in [0.5, 0.6) is 5.75 Å². The maximum Gasteiger partial charge on any atom is 0.324 e. The molecule has 0 aliphatic carbocycles. The first-order valence-corrected chi connectivity index (χ1v) is 8.97. The second-order valence-electron chi connectivity index (χ2n) is 5.77. The number of urea groups is 1. The number of aryl methyl sites for hydroxylation is 1. The van der Waals surface area contributed by atoms with Crippen LogP contribution < -0.4 is 20.7 Å². The van der Waals surface area contributed by atoms with E-state index in [4.69, 9.17) is 27.9 Å². The minimum Gasteiger partial charge on any atom is -0.496 e. The van der Waals surface area contributed by atoms with Gasteiger partial charge in [0.25, 0.3) is 0 Å². The highest BCUT2D eigenvalue weighted by Gasteiger charge is 2.11. The molecule has 1 heterocycles. The van der Waals surface area contributed by atoms with Gasteiger partial charge in [0.05, 0.1) is 22.8 Å². The first-order valence-electron chi connectivity index (χ1n) is 8.22. The molecule has 0 radical (unpaired) electrons. The molecule has 3 aromatic rings. The first kappa shape index (κ1) is 19.7. The molecule has 144 valence electrons. The number of hydrogen-bond donors (Lipinski definition) is 3. The van der Waals surface area contributed by atoms with E-state index < -0.39 is 6.03 Å². The Labute approximate surface area is 172 Å². The molecule has 0 bridgehead atoms. The van der Waals surface area contributed by atoms with E-state index in [1.54, 1.807) is 31.4 Å². The molecule has 9 heteroatoms. The van der Waals surface area contributed by atoms with Gasteiger partial charge in [0, 0.05) is 11.8 Å². The van der Waals surface area contributed by atoms with Crippen molar-refractivity contribution in [1.82, 2.24) is 9.97 Å². The molecule has 2 amide bonds. The highest BCUT2D eigenvalue weighted by atomic mass is 35.5. The highest BCUT2D eigenvalue weighted by molar-refractivity contribution is 6.39. The summed E-state index contributed by atoms with van der Waals surface area (Å²) < 4.78 is 5.25. The standard InChI is InChI=1S/C19H17Cl2N5O2/c1-11-8-12(6-7-15(11)28-2)24-16-9-17(23-10-22-16)25-19(27)26-18-13(20)4-3-5-14(18)21/h3-10H,1-2H3,(H3,22,23,24,25,26,27). The number of ether oxygens (including phenoxy) is 1. The molecule has 1 aromatic heterocycles. The number of halogens is 2. The average Bonchev–Trinajstić information content (AvgIpc) is 2.65. The summed E-state index contributed by atoms with van der Waals surface area (Å²) in [6.45, 7) is 1.95. The van der Waals surface area contributed by atoms with E-state index in [2.05, 4.69) is 25.9 Å². The SMILES string of the molecule is COc1ccc(Nc2cc(NC(=O)Nc3c(Cl)cccc3Cl)ncn2)cc1C. The van der Waals surface area contributed by atoms with Crippen LogP contribution in [0.1, 0.15) is 5.56 Å². The normalized spacial score (nSPS) is 10.3. The van der Waals surface area contributed by atoms with Crippen LogP contribution in [0.4, 0.5) is 27.8 Å². The van der Waals surface area contributed by atoms with E-state index in [1.807, 2.05) is 25.1 Å². The highest BCUT2D eigenvalue weighted by Crippen LogP contribution is 2.30. The van der Waals surface area contributed by atoms with Crippen molar-refractivity contribution < 1.29 is 9.53 Å². The van der Waals surface area contributed by atoms with Crippen molar-refractivity contribution in [2.45, 2.75) is 6.92 Å². The number of methoxy groups -OCH3 is 1. The Hall–Kier alpha value is -3.03. The summed E-state index contributed by atoms with van der Waals surface area (Å²) in [5.74, 6) is 1.62. The van der Waals surface area contributed by atoms with E-state index in [1.165, 1.54) is 6.33 Å². The van der Waals surface area contributed by atoms with Crippen LogP contribution >= 0.6 is 23.2 Å². The van der Waals surface area contributed by atoms with Crippen molar-refractivity contribution in [2.24, 2.45) is 0 Å². The van der Waals surface area contributed by atoms with Gasteiger partial charge in [0.2, 0.25) is 0 Å². The van der Waals surface area contributed by atoms with Gasteiger partial charge in [-0.05, 0) is 42.8 Å². The minimum atomic E-state index is -0.528. The van der Waals surface area contributed by atoms with Crippen molar-refractivity contribution in [2.75, 3.05) is 23.1 Å². The Bertz CT molecular complexity index is 993. The number of carbonyl (C=O) groups excluding carboxylic acids is 1. The fourth-order valence-corrected chi connectivity index (χ4v) is 2.97. The van der Waals surface area contributed by atoms with Gasteiger partial charge < -0.3 is 15.4 Å². The number of para-hydroxylation sites is 1. The molecule has 28 heavy (non-hydrogen) atoms. The van der Waals surface area contributed by atoms with E-state index >= 15 is 0 Å². The predicted octanol–water partition coefficient (Wildman–Crippen LogP) is 5.49. The summed E-state index contributed by atoms with van der Waals surface area (Å²) in [5.41, 5.74) is 2.13. The molecule has 3 N–H and O–H groups in total. The second-order valence-corrected chi connectivity index (χ2v) is 6.59. The van der Waals surface area contributed by atoms with Crippen molar-refractivity contribution >= 4 is 52.2 Å². The van der Waals surface area contributed by atoms with Crippen molar-refractivity contribution in [1.29, 1.82) is 0 Å². The average molecular weight is 418 g/mol. The Morgan fingerprint density at radius 2 is 1.71 bits per heavy atom. The fourth-order valence-electron chi connectivity index (χ4n) is 2.48. The zero-order valence-electron chi connectivity index (χ0n) is 15.1. The lowest BCUT2D eigenvalue weighted by Gasteiger charge is -2.12. The Morgan fingerprint density at radius 1 is 1.00 bits per heavy atom. The van der Waals surface area contributed by atoms with Gasteiger partial charge in [-0.2, -0.15) is 0 Å². The quantitative estimate of drug-likeness (QED) is 0.510. The van der Waals surface area contributed by atoms with Crippen molar-refractivity contribution in [3.8, 4) is 5.75 Å². The molecular weight excluding hydrogens is 401 g/mol. The third-order valence-corrected chi connectivity index (χ3v) is 4.41. The molecule has 0 aliphatic rings. The maximum atomic E-state index is 12.2. The molecular formula is C19H17Cl2N5O2. The summed E-state index contributed by atoms with van der Waals surface area (Å²) in [7, 11) is 1.62. The van der Waals surface area contributed by atoms with Crippen LogP contribution in [0.2, 0.25) is 10.0 Å². The molecule has 0 saturated carbocycles. The summed E-state index contributed by atoms with van der Waals surface area (Å²) in [5, 5.41) is 9.06. The maximum absolute atomic E-state index is 12.2. The van der Waals surface area contributed by atoms with Gasteiger partial charge in [-0.3, -0.25) is 5.32 Å². The van der Waals surface area contributed by atoms with E-state index in [0.29, 0.717) is 27.4 Å². The van der Waals surface area contributed by atoms with Crippen LogP contribution in [-0.4, -0.2) is 23.1 Å². The lowest BCUT2D eigenvalue weighted by Crippen LogP contribution is -2.20. The number of nitrogens with zero attached hydrogens (tertiary/aromatic N) is 2. The third-order valence-electron chi connectivity index (χ3n) is 3.78. The van der Waals surface area contributed by atoms with Gasteiger partial charge in [-0.1, -0.05) is 29.3 Å². The first-order chi connectivity index (χ1) is 13.5. The predicted molar refractivity (Wildman–Crippen MR) is 112 cm³/mol. The Kier molecular flexibility index (Phi) is 6.18. The summed E-state index contributed by atoms with van der Waals surface area (Å²) in [6, 6.07) is 11.7. The van der Waals surface area contributed by atoms with Gasteiger partial charge >= 0.3 is 6.03 Å². The fraction of sp³-hybridized carbons (Fsp3) is 0.105. The number of anilines is 4. The molecule has 0 spiro atoms. The van der Waals surface area contributed by atoms with Crippen molar-refractivity contribution in [3.63, 3.8) is 0 Å². The third kappa shape index (κ3) is 4.82. The van der Waals surface area contributed by atoms with Crippen LogP contribution in [0, 0.1) is 6.92 Å². The lowest BCUT2D eigenvalue weighted by atomic mass is 10.2. The molecule has 3 rings (SSSR count). The van der Waals surface area contributed by atoms with Gasteiger partial charge in [-0.15, -0.1) is 0 Å². The van der Waals surface area contributed by atoms with Gasteiger partial charge in [0.1, 0.15) is 23.7 Å². The number of rotatable bonds is 5. The number of nitrogens with one attached hydrogen (secondary N) is 3. The van der Waals surface area contributed by atoms with Gasteiger partial charge in [-0.25, -0.2) is 14.8 Å². The summed E-state index contributed by atoms with van der Waals surface area (Å²) in [4.78, 5) is 20.4. The number of hydrogen-bond acceptors (Lipinski definition) is 5. The lowest BCUT2D eigenvalue weighted by molar-refractivity contribution is 0.262. The summed E-state index contributed by atoms with van der Waals surface area (Å²) >= 11 is 12.1. The van der Waals surface area contributed by atoms with Gasteiger partial charge in [0.15, 0.2) is 0 Å². The molecule has 0 atom stereocenters. The largest absolute Gasteiger partial charge is 0.496 e. The number of amides is 2. The Balaban J connectivity index is 1.69. The molecule has 0 fully saturated rings. The summed E-state index contributed by atoms with van der Waals surface area (Å²) in [6.07, 6.45) is 1.34. The number of carbonyl (C=O) groups is 1. The van der Waals surface area contributed by atoms with Crippen LogP contribution in [0.15, 0.2) is 48.8 Å². The monoisotopic (exact) mass is 417 g/mol. The molecule has 7 nitrogen and oxygen atoms in total. The topological polar surface area (TPSA) is 88.2 Å². The zero-order valence-corrected chi connectivity index (χ0v) is 16.6. The van der Waals surface area contributed by atoms with E-state index in [-0.39, 0.29) is 0 Å². The molecule has 0 aliphatic heterocycles. The van der Waals surface area contributed by atoms with Crippen LogP contribution in [0.25, 0.3) is 0 Å². The van der Waals surface area contributed by atoms with E-state index in [0.717, 1.165) is 17.0 Å². The minimum absolute atomic E-state index is 0.309. The molecule has 0 saturated heterocycles. The molecule has 2 aromatic carbocycles. The van der Waals surface area contributed by atoms with Crippen LogP contribution in [0.3, 0.4) is 0 Å². The Morgan fingerprint density at radius 3 is 2.39 bits per heavy atom. The van der Waals surface area contributed by atoms with E-state index in [9.17, 15) is 4.79 Å². The molecule has 0 unspecified atom stereocenters. The zero-order chi connectivity index (χ0) is 20.1.